The average molecular weight is 231 g/mol. The molecule has 0 aliphatic heterocycles. The van der Waals surface area contributed by atoms with E-state index >= 15 is 0 Å². The van der Waals surface area contributed by atoms with E-state index in [-0.39, 0.29) is 0 Å². The first kappa shape index (κ1) is 11.5. The van der Waals surface area contributed by atoms with Crippen molar-refractivity contribution >= 4 is 23.3 Å². The molecular formula is C9H11ClN2O3. The largest absolute Gasteiger partial charge is 0.495 e. The minimum atomic E-state index is -0.683. The molecule has 0 heterocycles. The van der Waals surface area contributed by atoms with E-state index in [1.54, 1.807) is 0 Å². The summed E-state index contributed by atoms with van der Waals surface area (Å²) < 4.78 is 10.0. The van der Waals surface area contributed by atoms with Crippen LogP contribution in [-0.2, 0) is 0 Å². The third-order valence-electron chi connectivity index (χ3n) is 1.73. The molecule has 6 heteroatoms. The maximum atomic E-state index is 10.7. The van der Waals surface area contributed by atoms with Crippen molar-refractivity contribution in [3.8, 4) is 11.5 Å². The predicted molar refractivity (Wildman–Crippen MR) is 57.8 cm³/mol. The third kappa shape index (κ3) is 2.66. The zero-order valence-electron chi connectivity index (χ0n) is 8.33. The van der Waals surface area contributed by atoms with Gasteiger partial charge in [0.1, 0.15) is 11.5 Å². The summed E-state index contributed by atoms with van der Waals surface area (Å²) in [7, 11) is 2.94. The molecule has 0 spiro atoms. The number of halogens is 1. The van der Waals surface area contributed by atoms with E-state index in [0.29, 0.717) is 22.2 Å². The summed E-state index contributed by atoms with van der Waals surface area (Å²) in [6.45, 7) is 0. The van der Waals surface area contributed by atoms with Crippen molar-refractivity contribution in [2.45, 2.75) is 0 Å². The van der Waals surface area contributed by atoms with Gasteiger partial charge in [0, 0.05) is 12.1 Å². The van der Waals surface area contributed by atoms with Gasteiger partial charge in [-0.1, -0.05) is 11.6 Å². The van der Waals surface area contributed by atoms with Crippen LogP contribution in [0.2, 0.25) is 5.02 Å². The molecule has 1 aromatic rings. The first-order valence-electron chi connectivity index (χ1n) is 4.06. The summed E-state index contributed by atoms with van der Waals surface area (Å²) >= 11 is 5.87. The number of rotatable bonds is 3. The number of carbonyl (C=O) groups is 1. The fourth-order valence-corrected chi connectivity index (χ4v) is 1.32. The summed E-state index contributed by atoms with van der Waals surface area (Å²) in [5.41, 5.74) is 5.41. The Bertz CT molecular complexity index is 382. The van der Waals surface area contributed by atoms with Gasteiger partial charge in [-0.25, -0.2) is 4.79 Å². The summed E-state index contributed by atoms with van der Waals surface area (Å²) in [5.74, 6) is 0.848. The Morgan fingerprint density at radius 3 is 2.40 bits per heavy atom. The number of amides is 2. The van der Waals surface area contributed by atoms with Crippen LogP contribution >= 0.6 is 11.6 Å². The number of nitrogens with two attached hydrogens (primary N) is 1. The van der Waals surface area contributed by atoms with Crippen molar-refractivity contribution in [2.24, 2.45) is 5.73 Å². The predicted octanol–water partition coefficient (Wildman–Crippen LogP) is 1.85. The van der Waals surface area contributed by atoms with Gasteiger partial charge in [-0.05, 0) is 0 Å². The summed E-state index contributed by atoms with van der Waals surface area (Å²) in [4.78, 5) is 10.7. The maximum Gasteiger partial charge on any atom is 0.316 e. The molecule has 1 aromatic carbocycles. The Balaban J connectivity index is 3.16. The topological polar surface area (TPSA) is 73.6 Å². The number of benzene rings is 1. The highest BCUT2D eigenvalue weighted by molar-refractivity contribution is 6.32. The molecule has 15 heavy (non-hydrogen) atoms. The molecule has 5 nitrogen and oxygen atoms in total. The van der Waals surface area contributed by atoms with Crippen LogP contribution in [0.25, 0.3) is 0 Å². The monoisotopic (exact) mass is 230 g/mol. The number of primary amides is 1. The normalized spacial score (nSPS) is 9.53. The van der Waals surface area contributed by atoms with E-state index in [1.165, 1.54) is 26.4 Å². The number of urea groups is 1. The number of hydrogen-bond donors (Lipinski definition) is 2. The Kier molecular flexibility index (Phi) is 3.62. The molecule has 0 fully saturated rings. The molecule has 0 saturated carbocycles. The second-order valence-corrected chi connectivity index (χ2v) is 3.08. The highest BCUT2D eigenvalue weighted by Crippen LogP contribution is 2.35. The van der Waals surface area contributed by atoms with Crippen LogP contribution in [0.1, 0.15) is 0 Å². The average Bonchev–Trinajstić information content (AvgIpc) is 2.19. The van der Waals surface area contributed by atoms with Crippen LogP contribution < -0.4 is 20.5 Å². The summed E-state index contributed by atoms with van der Waals surface area (Å²) in [5, 5.41) is 2.79. The van der Waals surface area contributed by atoms with Gasteiger partial charge in [0.15, 0.2) is 0 Å². The van der Waals surface area contributed by atoms with Crippen LogP contribution in [0.4, 0.5) is 10.5 Å². The quantitative estimate of drug-likeness (QED) is 0.832. The number of methoxy groups -OCH3 is 2. The second-order valence-electron chi connectivity index (χ2n) is 2.68. The van der Waals surface area contributed by atoms with Gasteiger partial charge in [-0.3, -0.25) is 0 Å². The molecule has 3 N–H and O–H groups in total. The first-order valence-corrected chi connectivity index (χ1v) is 4.44. The fourth-order valence-electron chi connectivity index (χ4n) is 1.09. The van der Waals surface area contributed by atoms with Crippen molar-refractivity contribution in [2.75, 3.05) is 19.5 Å². The molecule has 0 aliphatic rings. The van der Waals surface area contributed by atoms with E-state index in [4.69, 9.17) is 26.8 Å². The minimum Gasteiger partial charge on any atom is -0.495 e. The molecule has 0 radical (unpaired) electrons. The standard InChI is InChI=1S/C9H11ClN2O3/c1-14-7-4-6(12-9(11)13)8(15-2)3-5(7)10/h3-4H,1-2H3,(H3,11,12,13). The molecule has 1 rings (SSSR count). The van der Waals surface area contributed by atoms with Crippen LogP contribution in [0.15, 0.2) is 12.1 Å². The van der Waals surface area contributed by atoms with Gasteiger partial charge in [-0.15, -0.1) is 0 Å². The van der Waals surface area contributed by atoms with Crippen molar-refractivity contribution in [1.29, 1.82) is 0 Å². The van der Waals surface area contributed by atoms with Crippen LogP contribution in [0.5, 0.6) is 11.5 Å². The van der Waals surface area contributed by atoms with Gasteiger partial charge < -0.3 is 20.5 Å². The third-order valence-corrected chi connectivity index (χ3v) is 2.03. The Labute approximate surface area is 92.1 Å². The Hall–Kier alpha value is -1.62. The lowest BCUT2D eigenvalue weighted by Gasteiger charge is -2.11. The van der Waals surface area contributed by atoms with Crippen molar-refractivity contribution < 1.29 is 14.3 Å². The molecule has 82 valence electrons. The highest BCUT2D eigenvalue weighted by Gasteiger charge is 2.10. The molecule has 0 saturated heterocycles. The van der Waals surface area contributed by atoms with E-state index in [9.17, 15) is 4.79 Å². The second kappa shape index (κ2) is 4.75. The summed E-state index contributed by atoms with van der Waals surface area (Å²) in [6.07, 6.45) is 0. The van der Waals surface area contributed by atoms with Gasteiger partial charge in [0.25, 0.3) is 0 Å². The van der Waals surface area contributed by atoms with E-state index in [2.05, 4.69) is 5.32 Å². The molecule has 0 aromatic heterocycles. The van der Waals surface area contributed by atoms with Gasteiger partial charge in [0.2, 0.25) is 0 Å². The maximum absolute atomic E-state index is 10.7. The van der Waals surface area contributed by atoms with Gasteiger partial charge in [-0.2, -0.15) is 0 Å². The van der Waals surface area contributed by atoms with Crippen LogP contribution in [0.3, 0.4) is 0 Å². The van der Waals surface area contributed by atoms with Crippen LogP contribution in [0, 0.1) is 0 Å². The fraction of sp³-hybridized carbons (Fsp3) is 0.222. The lowest BCUT2D eigenvalue weighted by Crippen LogP contribution is -2.19. The zero-order valence-corrected chi connectivity index (χ0v) is 9.09. The molecule has 0 bridgehead atoms. The molecule has 2 amide bonds. The SMILES string of the molecule is COc1cc(NC(N)=O)c(OC)cc1Cl. The number of carbonyl (C=O) groups excluding carboxylic acids is 1. The van der Waals surface area contributed by atoms with Crippen molar-refractivity contribution in [1.82, 2.24) is 0 Å². The molecule has 0 atom stereocenters. The lowest BCUT2D eigenvalue weighted by atomic mass is 10.2. The molecular weight excluding hydrogens is 220 g/mol. The summed E-state index contributed by atoms with van der Waals surface area (Å²) in [6, 6.07) is 2.38. The first-order chi connectivity index (χ1) is 7.08. The number of hydrogen-bond acceptors (Lipinski definition) is 3. The number of anilines is 1. The van der Waals surface area contributed by atoms with E-state index in [0.717, 1.165) is 0 Å². The van der Waals surface area contributed by atoms with Gasteiger partial charge >= 0.3 is 6.03 Å². The Morgan fingerprint density at radius 2 is 1.93 bits per heavy atom. The number of nitrogens with one attached hydrogen (secondary N) is 1. The highest BCUT2D eigenvalue weighted by atomic mass is 35.5. The smallest absolute Gasteiger partial charge is 0.316 e. The Morgan fingerprint density at radius 1 is 1.33 bits per heavy atom. The minimum absolute atomic E-state index is 0.393. The van der Waals surface area contributed by atoms with Crippen molar-refractivity contribution in [3.63, 3.8) is 0 Å². The lowest BCUT2D eigenvalue weighted by molar-refractivity contribution is 0.259. The van der Waals surface area contributed by atoms with Crippen molar-refractivity contribution in [3.05, 3.63) is 17.2 Å². The van der Waals surface area contributed by atoms with Crippen LogP contribution in [-0.4, -0.2) is 20.3 Å². The molecule has 0 unspecified atom stereocenters. The molecule has 0 aliphatic carbocycles. The van der Waals surface area contributed by atoms with Gasteiger partial charge in [0.05, 0.1) is 24.9 Å². The zero-order chi connectivity index (χ0) is 11.4. The van der Waals surface area contributed by atoms with E-state index in [1.807, 2.05) is 0 Å². The number of ether oxygens (including phenoxy) is 2. The van der Waals surface area contributed by atoms with E-state index < -0.39 is 6.03 Å².